The van der Waals surface area contributed by atoms with Gasteiger partial charge < -0.3 is 23.6 Å². The Labute approximate surface area is 181 Å². The molecule has 164 valence electrons. The Bertz CT molecular complexity index is 954. The summed E-state index contributed by atoms with van der Waals surface area (Å²) in [4.78, 5) is 18.4. The number of aromatic nitrogens is 2. The summed E-state index contributed by atoms with van der Waals surface area (Å²) in [5, 5.41) is 3.96. The molecule has 0 unspecified atom stereocenters. The zero-order valence-corrected chi connectivity index (χ0v) is 18.0. The second-order valence-electron chi connectivity index (χ2n) is 6.98. The van der Waals surface area contributed by atoms with Crippen molar-refractivity contribution in [1.82, 2.24) is 15.0 Å². The third kappa shape index (κ3) is 6.74. The van der Waals surface area contributed by atoms with Crippen LogP contribution in [-0.2, 0) is 24.2 Å². The van der Waals surface area contributed by atoms with Gasteiger partial charge in [-0.15, -0.1) is 0 Å². The van der Waals surface area contributed by atoms with Gasteiger partial charge in [0.1, 0.15) is 17.2 Å². The number of carbonyl (C=O) groups excluding carboxylic acids is 1. The molecule has 0 bridgehead atoms. The molecule has 1 aromatic heterocycles. The fourth-order valence-electron chi connectivity index (χ4n) is 2.89. The molecule has 0 fully saturated rings. The first-order valence-corrected chi connectivity index (χ1v) is 10.0. The minimum Gasteiger partial charge on any atom is -0.497 e. The Morgan fingerprint density at radius 2 is 1.55 bits per heavy atom. The number of ether oxygens (including phenoxy) is 3. The van der Waals surface area contributed by atoms with Crippen LogP contribution in [0.2, 0.25) is 0 Å². The van der Waals surface area contributed by atoms with E-state index in [1.807, 2.05) is 48.5 Å². The van der Waals surface area contributed by atoms with Crippen LogP contribution >= 0.6 is 0 Å². The van der Waals surface area contributed by atoms with Gasteiger partial charge in [-0.1, -0.05) is 17.3 Å². The monoisotopic (exact) mass is 425 g/mol. The average molecular weight is 425 g/mol. The van der Waals surface area contributed by atoms with Crippen molar-refractivity contribution in [2.75, 3.05) is 27.8 Å². The second-order valence-corrected chi connectivity index (χ2v) is 6.98. The Kier molecular flexibility index (Phi) is 7.86. The quantitative estimate of drug-likeness (QED) is 0.466. The lowest BCUT2D eigenvalue weighted by atomic mass is 10.1. The van der Waals surface area contributed by atoms with Gasteiger partial charge in [0.15, 0.2) is 12.4 Å². The van der Waals surface area contributed by atoms with Gasteiger partial charge in [0.05, 0.1) is 14.2 Å². The summed E-state index contributed by atoms with van der Waals surface area (Å²) in [6.45, 7) is 0.690. The Hall–Kier alpha value is -3.55. The first-order chi connectivity index (χ1) is 15.1. The van der Waals surface area contributed by atoms with Crippen LogP contribution in [0.3, 0.4) is 0 Å². The van der Waals surface area contributed by atoms with E-state index in [2.05, 4.69) is 10.1 Å². The molecular weight excluding hydrogens is 398 g/mol. The van der Waals surface area contributed by atoms with E-state index in [4.69, 9.17) is 18.7 Å². The van der Waals surface area contributed by atoms with Gasteiger partial charge >= 0.3 is 0 Å². The third-order valence-corrected chi connectivity index (χ3v) is 4.82. The van der Waals surface area contributed by atoms with E-state index >= 15 is 0 Å². The van der Waals surface area contributed by atoms with Crippen molar-refractivity contribution >= 4 is 5.91 Å². The summed E-state index contributed by atoms with van der Waals surface area (Å²) < 4.78 is 21.1. The molecule has 0 aliphatic carbocycles. The number of benzene rings is 2. The zero-order chi connectivity index (χ0) is 22.1. The van der Waals surface area contributed by atoms with Crippen molar-refractivity contribution in [3.63, 3.8) is 0 Å². The van der Waals surface area contributed by atoms with Crippen molar-refractivity contribution in [2.45, 2.75) is 25.9 Å². The number of nitrogens with zero attached hydrogens (tertiary/aromatic N) is 3. The summed E-state index contributed by atoms with van der Waals surface area (Å²) in [5.41, 5.74) is 1.10. The highest BCUT2D eigenvalue weighted by Gasteiger charge is 2.12. The number of aryl methyl sites for hydroxylation is 1. The molecule has 0 atom stereocenters. The predicted octanol–water partition coefficient (Wildman–Crippen LogP) is 3.30. The normalized spacial score (nSPS) is 10.5. The summed E-state index contributed by atoms with van der Waals surface area (Å²) in [6, 6.07) is 15.0. The average Bonchev–Trinajstić information content (AvgIpc) is 3.28. The van der Waals surface area contributed by atoms with Gasteiger partial charge in [-0.3, -0.25) is 4.79 Å². The molecule has 8 heteroatoms. The maximum atomic E-state index is 12.4. The molecule has 0 radical (unpaired) electrons. The second kappa shape index (κ2) is 11.0. The van der Waals surface area contributed by atoms with Crippen LogP contribution in [0.25, 0.3) is 0 Å². The van der Waals surface area contributed by atoms with Crippen molar-refractivity contribution in [3.8, 4) is 17.2 Å². The van der Waals surface area contributed by atoms with E-state index in [-0.39, 0.29) is 12.5 Å². The van der Waals surface area contributed by atoms with Gasteiger partial charge in [-0.25, -0.2) is 0 Å². The minimum atomic E-state index is 0.0716. The largest absolute Gasteiger partial charge is 0.497 e. The van der Waals surface area contributed by atoms with E-state index in [9.17, 15) is 4.79 Å². The standard InChI is InChI=1S/C23H27N3O5/c1-26(23(27)13-6-17-4-7-18(28-2)8-5-17)15-14-21-24-22(31-25-21)16-30-20-11-9-19(29-3)10-12-20/h4-5,7-12H,6,13-16H2,1-3H3. The highest BCUT2D eigenvalue weighted by molar-refractivity contribution is 5.76. The van der Waals surface area contributed by atoms with Gasteiger partial charge in [-0.05, 0) is 48.4 Å². The lowest BCUT2D eigenvalue weighted by Crippen LogP contribution is -2.29. The molecule has 0 aliphatic rings. The van der Waals surface area contributed by atoms with Crippen molar-refractivity contribution in [2.24, 2.45) is 0 Å². The molecule has 1 amide bonds. The minimum absolute atomic E-state index is 0.0716. The molecule has 3 rings (SSSR count). The van der Waals surface area contributed by atoms with E-state index < -0.39 is 0 Å². The SMILES string of the molecule is COc1ccc(CCC(=O)N(C)CCc2noc(COc3ccc(OC)cc3)n2)cc1. The van der Waals surface area contributed by atoms with Crippen molar-refractivity contribution in [3.05, 3.63) is 65.8 Å². The molecule has 8 nitrogen and oxygen atoms in total. The number of rotatable bonds is 11. The van der Waals surface area contributed by atoms with E-state index in [0.29, 0.717) is 43.3 Å². The molecular formula is C23H27N3O5. The van der Waals surface area contributed by atoms with Gasteiger partial charge in [0.25, 0.3) is 5.89 Å². The smallest absolute Gasteiger partial charge is 0.264 e. The number of carbonyl (C=O) groups is 1. The van der Waals surface area contributed by atoms with E-state index in [1.54, 1.807) is 26.2 Å². The summed E-state index contributed by atoms with van der Waals surface area (Å²) in [5.74, 6) is 3.25. The maximum absolute atomic E-state index is 12.4. The molecule has 2 aromatic carbocycles. The third-order valence-electron chi connectivity index (χ3n) is 4.82. The van der Waals surface area contributed by atoms with Crippen LogP contribution in [0.5, 0.6) is 17.2 Å². The van der Waals surface area contributed by atoms with Crippen LogP contribution in [0.4, 0.5) is 0 Å². The Balaban J connectivity index is 1.39. The summed E-state index contributed by atoms with van der Waals surface area (Å²) in [6.07, 6.45) is 1.63. The zero-order valence-electron chi connectivity index (χ0n) is 18.0. The van der Waals surface area contributed by atoms with Gasteiger partial charge in [0.2, 0.25) is 5.91 Å². The van der Waals surface area contributed by atoms with Crippen molar-refractivity contribution in [1.29, 1.82) is 0 Å². The first kappa shape index (κ1) is 22.1. The molecule has 1 heterocycles. The molecule has 0 saturated carbocycles. The first-order valence-electron chi connectivity index (χ1n) is 10.0. The fraction of sp³-hybridized carbons (Fsp3) is 0.348. The Morgan fingerprint density at radius 3 is 2.19 bits per heavy atom. The van der Waals surface area contributed by atoms with E-state index in [0.717, 1.165) is 17.1 Å². The number of methoxy groups -OCH3 is 2. The number of amides is 1. The maximum Gasteiger partial charge on any atom is 0.264 e. The molecule has 0 N–H and O–H groups in total. The van der Waals surface area contributed by atoms with Crippen LogP contribution in [0.15, 0.2) is 53.1 Å². The highest BCUT2D eigenvalue weighted by atomic mass is 16.5. The molecule has 0 saturated heterocycles. The Morgan fingerprint density at radius 1 is 0.935 bits per heavy atom. The highest BCUT2D eigenvalue weighted by Crippen LogP contribution is 2.18. The lowest BCUT2D eigenvalue weighted by molar-refractivity contribution is -0.129. The fourth-order valence-corrected chi connectivity index (χ4v) is 2.89. The summed E-state index contributed by atoms with van der Waals surface area (Å²) >= 11 is 0. The topological polar surface area (TPSA) is 86.9 Å². The molecule has 31 heavy (non-hydrogen) atoms. The lowest BCUT2D eigenvalue weighted by Gasteiger charge is -2.16. The van der Waals surface area contributed by atoms with Crippen LogP contribution in [0, 0.1) is 0 Å². The number of hydrogen-bond donors (Lipinski definition) is 0. The molecule has 0 aliphatic heterocycles. The number of likely N-dealkylation sites (N-methyl/N-ethyl adjacent to an activating group) is 1. The molecule has 0 spiro atoms. The molecule has 3 aromatic rings. The predicted molar refractivity (Wildman–Crippen MR) is 114 cm³/mol. The van der Waals surface area contributed by atoms with Crippen LogP contribution in [0.1, 0.15) is 23.7 Å². The number of hydrogen-bond acceptors (Lipinski definition) is 7. The van der Waals surface area contributed by atoms with Crippen LogP contribution in [-0.4, -0.2) is 48.8 Å². The van der Waals surface area contributed by atoms with Crippen molar-refractivity contribution < 1.29 is 23.5 Å². The van der Waals surface area contributed by atoms with Crippen LogP contribution < -0.4 is 14.2 Å². The van der Waals surface area contributed by atoms with Gasteiger partial charge in [-0.2, -0.15) is 4.98 Å². The summed E-state index contributed by atoms with van der Waals surface area (Å²) in [7, 11) is 5.03. The van der Waals surface area contributed by atoms with Gasteiger partial charge in [0, 0.05) is 26.4 Å². The van der Waals surface area contributed by atoms with E-state index in [1.165, 1.54) is 0 Å².